The maximum absolute atomic E-state index is 12.4. The Kier molecular flexibility index (Phi) is 5.55. The maximum Gasteiger partial charge on any atom is 0.243 e. The molecule has 1 aliphatic rings. The van der Waals surface area contributed by atoms with Crippen LogP contribution in [0.1, 0.15) is 32.8 Å². The van der Waals surface area contributed by atoms with Gasteiger partial charge in [0.2, 0.25) is 11.8 Å². The standard InChI is InChI=1S/C17H24N2O3/c1-12(2)22-10-6-9-18-17(21)16-11-14-7-4-5-8-15(14)19(16)13(3)20/h4-5,7-8,12,16H,6,9-11H2,1-3H3,(H,18,21)/t16-/m1/s1. The number of hydrogen-bond acceptors (Lipinski definition) is 3. The van der Waals surface area contributed by atoms with Gasteiger partial charge in [0.25, 0.3) is 0 Å². The van der Waals surface area contributed by atoms with Gasteiger partial charge in [-0.2, -0.15) is 0 Å². The second kappa shape index (κ2) is 7.40. The zero-order chi connectivity index (χ0) is 16.1. The number of carbonyl (C=O) groups excluding carboxylic acids is 2. The van der Waals surface area contributed by atoms with E-state index in [1.807, 2.05) is 38.1 Å². The fraction of sp³-hybridized carbons (Fsp3) is 0.529. The predicted octanol–water partition coefficient (Wildman–Crippen LogP) is 1.90. The summed E-state index contributed by atoms with van der Waals surface area (Å²) in [6, 6.07) is 7.23. The zero-order valence-corrected chi connectivity index (χ0v) is 13.5. The van der Waals surface area contributed by atoms with E-state index in [-0.39, 0.29) is 17.9 Å². The van der Waals surface area contributed by atoms with Crippen LogP contribution in [0.2, 0.25) is 0 Å². The van der Waals surface area contributed by atoms with Crippen molar-refractivity contribution >= 4 is 17.5 Å². The van der Waals surface area contributed by atoms with Gasteiger partial charge in [-0.25, -0.2) is 0 Å². The largest absolute Gasteiger partial charge is 0.379 e. The summed E-state index contributed by atoms with van der Waals surface area (Å²) < 4.78 is 5.44. The van der Waals surface area contributed by atoms with E-state index in [2.05, 4.69) is 5.32 Å². The van der Waals surface area contributed by atoms with Gasteiger partial charge in [-0.1, -0.05) is 18.2 Å². The summed E-state index contributed by atoms with van der Waals surface area (Å²) in [6.45, 7) is 6.65. The lowest BCUT2D eigenvalue weighted by molar-refractivity contribution is -0.125. The molecule has 5 nitrogen and oxygen atoms in total. The van der Waals surface area contributed by atoms with Gasteiger partial charge in [0.15, 0.2) is 0 Å². The molecule has 2 rings (SSSR count). The Morgan fingerprint density at radius 3 is 2.77 bits per heavy atom. The molecular formula is C17H24N2O3. The van der Waals surface area contributed by atoms with Crippen molar-refractivity contribution in [3.63, 3.8) is 0 Å². The van der Waals surface area contributed by atoms with Crippen molar-refractivity contribution < 1.29 is 14.3 Å². The van der Waals surface area contributed by atoms with Crippen molar-refractivity contribution in [2.24, 2.45) is 0 Å². The second-order valence-corrected chi connectivity index (χ2v) is 5.80. The first-order valence-corrected chi connectivity index (χ1v) is 7.77. The van der Waals surface area contributed by atoms with Gasteiger partial charge in [0.1, 0.15) is 6.04 Å². The highest BCUT2D eigenvalue weighted by molar-refractivity contribution is 6.02. The van der Waals surface area contributed by atoms with Gasteiger partial charge in [-0.15, -0.1) is 0 Å². The van der Waals surface area contributed by atoms with Gasteiger partial charge >= 0.3 is 0 Å². The topological polar surface area (TPSA) is 58.6 Å². The second-order valence-electron chi connectivity index (χ2n) is 5.80. The van der Waals surface area contributed by atoms with E-state index < -0.39 is 6.04 Å². The lowest BCUT2D eigenvalue weighted by Gasteiger charge is -2.23. The van der Waals surface area contributed by atoms with Crippen molar-refractivity contribution in [2.45, 2.75) is 45.8 Å². The molecule has 2 amide bonds. The number of ether oxygens (including phenoxy) is 1. The number of fused-ring (bicyclic) bond motifs is 1. The number of para-hydroxylation sites is 1. The summed E-state index contributed by atoms with van der Waals surface area (Å²) in [4.78, 5) is 25.9. The number of nitrogens with one attached hydrogen (secondary N) is 1. The lowest BCUT2D eigenvalue weighted by Crippen LogP contribution is -2.47. The van der Waals surface area contributed by atoms with E-state index in [0.29, 0.717) is 19.6 Å². The highest BCUT2D eigenvalue weighted by Gasteiger charge is 2.36. The normalized spacial score (nSPS) is 16.7. The molecule has 1 aromatic rings. The number of carbonyl (C=O) groups is 2. The summed E-state index contributed by atoms with van der Waals surface area (Å²) in [5.74, 6) is -0.204. The molecule has 1 N–H and O–H groups in total. The molecule has 0 radical (unpaired) electrons. The number of nitrogens with zero attached hydrogens (tertiary/aromatic N) is 1. The molecule has 120 valence electrons. The van der Waals surface area contributed by atoms with Crippen LogP contribution < -0.4 is 10.2 Å². The summed E-state index contributed by atoms with van der Waals surface area (Å²) >= 11 is 0. The van der Waals surface area contributed by atoms with E-state index in [9.17, 15) is 9.59 Å². The predicted molar refractivity (Wildman–Crippen MR) is 85.8 cm³/mol. The smallest absolute Gasteiger partial charge is 0.243 e. The molecule has 5 heteroatoms. The minimum absolute atomic E-state index is 0.101. The van der Waals surface area contributed by atoms with Gasteiger partial charge in [-0.3, -0.25) is 14.5 Å². The molecule has 0 spiro atoms. The summed E-state index contributed by atoms with van der Waals surface area (Å²) in [5.41, 5.74) is 1.89. The molecule has 0 saturated heterocycles. The fourth-order valence-electron chi connectivity index (χ4n) is 2.71. The van der Waals surface area contributed by atoms with E-state index in [1.165, 1.54) is 6.92 Å². The van der Waals surface area contributed by atoms with Crippen molar-refractivity contribution in [1.82, 2.24) is 5.32 Å². The maximum atomic E-state index is 12.4. The number of rotatable bonds is 6. The molecule has 0 aliphatic carbocycles. The Balaban J connectivity index is 1.91. The van der Waals surface area contributed by atoms with Crippen LogP contribution in [0.4, 0.5) is 5.69 Å². The Labute approximate surface area is 131 Å². The van der Waals surface area contributed by atoms with Crippen LogP contribution >= 0.6 is 0 Å². The molecular weight excluding hydrogens is 280 g/mol. The zero-order valence-electron chi connectivity index (χ0n) is 13.5. The molecule has 22 heavy (non-hydrogen) atoms. The first-order chi connectivity index (χ1) is 10.5. The molecule has 0 unspecified atom stereocenters. The Bertz CT molecular complexity index is 542. The highest BCUT2D eigenvalue weighted by Crippen LogP contribution is 2.32. The Morgan fingerprint density at radius 2 is 2.09 bits per heavy atom. The quantitative estimate of drug-likeness (QED) is 0.817. The minimum atomic E-state index is -0.444. The molecule has 0 fully saturated rings. The van der Waals surface area contributed by atoms with E-state index in [1.54, 1.807) is 4.90 Å². The van der Waals surface area contributed by atoms with Crippen molar-refractivity contribution in [3.8, 4) is 0 Å². The third-order valence-electron chi connectivity index (χ3n) is 3.69. The van der Waals surface area contributed by atoms with Crippen molar-refractivity contribution in [3.05, 3.63) is 29.8 Å². The summed E-state index contributed by atoms with van der Waals surface area (Å²) in [7, 11) is 0. The first kappa shape index (κ1) is 16.5. The van der Waals surface area contributed by atoms with Crippen molar-refractivity contribution in [1.29, 1.82) is 0 Å². The average molecular weight is 304 g/mol. The molecule has 0 saturated carbocycles. The van der Waals surface area contributed by atoms with E-state index in [4.69, 9.17) is 4.74 Å². The summed E-state index contributed by atoms with van der Waals surface area (Å²) in [6.07, 6.45) is 1.54. The van der Waals surface area contributed by atoms with Gasteiger partial charge in [0.05, 0.1) is 6.10 Å². The van der Waals surface area contributed by atoms with Crippen LogP contribution in [0, 0.1) is 0 Å². The van der Waals surface area contributed by atoms with Crippen LogP contribution in [0.3, 0.4) is 0 Å². The molecule has 1 atom stereocenters. The number of anilines is 1. The van der Waals surface area contributed by atoms with Crippen LogP contribution in [-0.2, 0) is 20.7 Å². The highest BCUT2D eigenvalue weighted by atomic mass is 16.5. The SMILES string of the molecule is CC(=O)N1c2ccccc2C[C@@H]1C(=O)NCCCOC(C)C. The molecule has 1 heterocycles. The van der Waals surface area contributed by atoms with Crippen LogP contribution in [0.25, 0.3) is 0 Å². The van der Waals surface area contributed by atoms with Crippen LogP contribution in [0.15, 0.2) is 24.3 Å². The average Bonchev–Trinajstić information content (AvgIpc) is 2.85. The van der Waals surface area contributed by atoms with Crippen molar-refractivity contribution in [2.75, 3.05) is 18.1 Å². The summed E-state index contributed by atoms with van der Waals surface area (Å²) in [5, 5.41) is 2.91. The van der Waals surface area contributed by atoms with Crippen LogP contribution in [-0.4, -0.2) is 37.1 Å². The van der Waals surface area contributed by atoms with Gasteiger partial charge in [0, 0.05) is 32.2 Å². The Hall–Kier alpha value is -1.88. The fourth-order valence-corrected chi connectivity index (χ4v) is 2.71. The third-order valence-corrected chi connectivity index (χ3v) is 3.69. The monoisotopic (exact) mass is 304 g/mol. The molecule has 0 bridgehead atoms. The van der Waals surface area contributed by atoms with Gasteiger partial charge < -0.3 is 10.1 Å². The number of hydrogen-bond donors (Lipinski definition) is 1. The molecule has 1 aromatic carbocycles. The third kappa shape index (κ3) is 3.85. The molecule has 0 aromatic heterocycles. The minimum Gasteiger partial charge on any atom is -0.379 e. The van der Waals surface area contributed by atoms with E-state index in [0.717, 1.165) is 17.7 Å². The lowest BCUT2D eigenvalue weighted by atomic mass is 10.1. The number of benzene rings is 1. The Morgan fingerprint density at radius 1 is 1.36 bits per heavy atom. The van der Waals surface area contributed by atoms with Gasteiger partial charge in [-0.05, 0) is 31.9 Å². The molecule has 1 aliphatic heterocycles. The first-order valence-electron chi connectivity index (χ1n) is 7.77. The number of amides is 2. The van der Waals surface area contributed by atoms with E-state index >= 15 is 0 Å². The van der Waals surface area contributed by atoms with Crippen LogP contribution in [0.5, 0.6) is 0 Å².